The molecule has 5 rings (SSSR count). The Morgan fingerprint density at radius 1 is 0.902 bits per heavy atom. The SMILES string of the molecule is COc1ccc(CCN(C2CC(=O)N(c3ccc(C#N)cc3)C2=O)S(=O)(=O)c2ccc3ccccc3c2)cc1OC. The summed E-state index contributed by atoms with van der Waals surface area (Å²) in [7, 11) is -1.17. The van der Waals surface area contributed by atoms with Gasteiger partial charge in [-0.25, -0.2) is 13.3 Å². The van der Waals surface area contributed by atoms with Gasteiger partial charge < -0.3 is 9.47 Å². The first-order valence-corrected chi connectivity index (χ1v) is 14.3. The van der Waals surface area contributed by atoms with Crippen molar-refractivity contribution in [2.24, 2.45) is 0 Å². The second-order valence-corrected chi connectivity index (χ2v) is 11.4. The third-order valence-corrected chi connectivity index (χ3v) is 9.03. The first-order chi connectivity index (χ1) is 19.8. The van der Waals surface area contributed by atoms with Crippen molar-refractivity contribution in [1.29, 1.82) is 5.26 Å². The summed E-state index contributed by atoms with van der Waals surface area (Å²) in [4.78, 5) is 27.8. The van der Waals surface area contributed by atoms with Gasteiger partial charge in [-0.1, -0.05) is 36.4 Å². The van der Waals surface area contributed by atoms with Crippen molar-refractivity contribution < 1.29 is 27.5 Å². The Morgan fingerprint density at radius 3 is 2.29 bits per heavy atom. The molecule has 1 saturated heterocycles. The van der Waals surface area contributed by atoms with Gasteiger partial charge >= 0.3 is 0 Å². The fraction of sp³-hybridized carbons (Fsp3) is 0.194. The van der Waals surface area contributed by atoms with Gasteiger partial charge in [0.2, 0.25) is 15.9 Å². The lowest BCUT2D eigenvalue weighted by Gasteiger charge is -2.27. The maximum Gasteiger partial charge on any atom is 0.252 e. The molecule has 4 aromatic rings. The zero-order chi connectivity index (χ0) is 29.1. The molecular weight excluding hydrogens is 542 g/mol. The lowest BCUT2D eigenvalue weighted by Crippen LogP contribution is -2.46. The molecule has 1 aliphatic rings. The molecule has 0 spiro atoms. The first-order valence-electron chi connectivity index (χ1n) is 12.9. The fourth-order valence-electron chi connectivity index (χ4n) is 4.98. The number of amides is 2. The van der Waals surface area contributed by atoms with Crippen LogP contribution in [0, 0.1) is 11.3 Å². The van der Waals surface area contributed by atoms with E-state index in [0.717, 1.165) is 25.5 Å². The van der Waals surface area contributed by atoms with Crippen molar-refractivity contribution >= 4 is 38.3 Å². The molecule has 0 aromatic heterocycles. The van der Waals surface area contributed by atoms with Crippen LogP contribution in [-0.4, -0.2) is 51.3 Å². The Hall–Kier alpha value is -4.72. The van der Waals surface area contributed by atoms with E-state index in [9.17, 15) is 18.0 Å². The van der Waals surface area contributed by atoms with Gasteiger partial charge in [-0.15, -0.1) is 0 Å². The quantitative estimate of drug-likeness (QED) is 0.276. The largest absolute Gasteiger partial charge is 0.493 e. The van der Waals surface area contributed by atoms with E-state index < -0.39 is 27.9 Å². The Balaban J connectivity index is 1.52. The van der Waals surface area contributed by atoms with Gasteiger partial charge in [0.25, 0.3) is 5.91 Å². The van der Waals surface area contributed by atoms with Crippen LogP contribution in [0.4, 0.5) is 5.69 Å². The standard InChI is InChI=1S/C31H27N3O6S/c1-39-28-14-9-21(17-29(28)40-2)15-16-33(41(37,38)26-13-10-23-5-3-4-6-24(23)18-26)27-19-30(35)34(31(27)36)25-11-7-22(20-32)8-12-25/h3-14,17-18,27H,15-16,19H2,1-2H3. The van der Waals surface area contributed by atoms with Gasteiger partial charge in [0.1, 0.15) is 6.04 Å². The average Bonchev–Trinajstić information content (AvgIpc) is 3.29. The number of imide groups is 1. The molecule has 0 bridgehead atoms. The van der Waals surface area contributed by atoms with Crippen LogP contribution in [0.15, 0.2) is 89.8 Å². The zero-order valence-corrected chi connectivity index (χ0v) is 23.3. The number of carbonyl (C=O) groups excluding carboxylic acids is 2. The highest BCUT2D eigenvalue weighted by molar-refractivity contribution is 7.89. The van der Waals surface area contributed by atoms with E-state index >= 15 is 0 Å². The first kappa shape index (κ1) is 27.8. The highest BCUT2D eigenvalue weighted by Crippen LogP contribution is 2.32. The Morgan fingerprint density at radius 2 is 1.61 bits per heavy atom. The van der Waals surface area contributed by atoms with Crippen LogP contribution in [-0.2, 0) is 26.0 Å². The maximum atomic E-state index is 14.1. The highest BCUT2D eigenvalue weighted by atomic mass is 32.2. The minimum Gasteiger partial charge on any atom is -0.493 e. The molecule has 41 heavy (non-hydrogen) atoms. The van der Waals surface area contributed by atoms with Gasteiger partial charge in [0.15, 0.2) is 11.5 Å². The summed E-state index contributed by atoms with van der Waals surface area (Å²) in [6, 6.07) is 24.3. The predicted octanol–water partition coefficient (Wildman–Crippen LogP) is 4.29. The Kier molecular flexibility index (Phi) is 7.75. The van der Waals surface area contributed by atoms with Crippen molar-refractivity contribution in [2.75, 3.05) is 25.7 Å². The number of fused-ring (bicyclic) bond motifs is 1. The van der Waals surface area contributed by atoms with Crippen LogP contribution < -0.4 is 14.4 Å². The van der Waals surface area contributed by atoms with Crippen molar-refractivity contribution in [2.45, 2.75) is 23.8 Å². The lowest BCUT2D eigenvalue weighted by atomic mass is 10.1. The van der Waals surface area contributed by atoms with E-state index in [2.05, 4.69) is 0 Å². The molecule has 208 valence electrons. The molecule has 4 aromatic carbocycles. The van der Waals surface area contributed by atoms with Crippen molar-refractivity contribution in [3.8, 4) is 17.6 Å². The number of hydrogen-bond acceptors (Lipinski definition) is 7. The van der Waals surface area contributed by atoms with Crippen molar-refractivity contribution in [3.05, 3.63) is 96.1 Å². The maximum absolute atomic E-state index is 14.1. The van der Waals surface area contributed by atoms with Gasteiger partial charge in [-0.2, -0.15) is 9.57 Å². The third kappa shape index (κ3) is 5.37. The van der Waals surface area contributed by atoms with Crippen molar-refractivity contribution in [3.63, 3.8) is 0 Å². The van der Waals surface area contributed by atoms with Crippen LogP contribution in [0.2, 0.25) is 0 Å². The number of anilines is 1. The molecule has 1 unspecified atom stereocenters. The molecule has 1 atom stereocenters. The van der Waals surface area contributed by atoms with E-state index in [-0.39, 0.29) is 30.0 Å². The summed E-state index contributed by atoms with van der Waals surface area (Å²) >= 11 is 0. The summed E-state index contributed by atoms with van der Waals surface area (Å²) in [5, 5.41) is 10.7. The summed E-state index contributed by atoms with van der Waals surface area (Å²) in [6.45, 7) is -0.0600. The summed E-state index contributed by atoms with van der Waals surface area (Å²) in [5.41, 5.74) is 1.42. The van der Waals surface area contributed by atoms with Gasteiger partial charge in [0.05, 0.1) is 42.9 Å². The Bertz CT molecular complexity index is 1780. The smallest absolute Gasteiger partial charge is 0.252 e. The van der Waals surface area contributed by atoms with E-state index in [0.29, 0.717) is 17.1 Å². The van der Waals surface area contributed by atoms with Crippen LogP contribution >= 0.6 is 0 Å². The molecule has 0 N–H and O–H groups in total. The molecule has 1 heterocycles. The Labute approximate surface area is 238 Å². The van der Waals surface area contributed by atoms with E-state index in [1.165, 1.54) is 44.6 Å². The highest BCUT2D eigenvalue weighted by Gasteiger charge is 2.46. The molecule has 1 fully saturated rings. The van der Waals surface area contributed by atoms with Crippen molar-refractivity contribution in [1.82, 2.24) is 4.31 Å². The van der Waals surface area contributed by atoms with Crippen LogP contribution in [0.1, 0.15) is 17.5 Å². The van der Waals surface area contributed by atoms with Crippen LogP contribution in [0.5, 0.6) is 11.5 Å². The monoisotopic (exact) mass is 569 g/mol. The molecule has 9 nitrogen and oxygen atoms in total. The second kappa shape index (κ2) is 11.4. The number of sulfonamides is 1. The van der Waals surface area contributed by atoms with E-state index in [1.54, 1.807) is 30.3 Å². The minimum atomic E-state index is -4.21. The minimum absolute atomic E-state index is 0.0283. The number of hydrogen-bond donors (Lipinski definition) is 0. The van der Waals surface area contributed by atoms with E-state index in [1.807, 2.05) is 30.3 Å². The summed E-state index contributed by atoms with van der Waals surface area (Å²) in [6.07, 6.45) is -0.0560. The molecule has 0 saturated carbocycles. The molecule has 2 amide bonds. The van der Waals surface area contributed by atoms with E-state index in [4.69, 9.17) is 14.7 Å². The number of ether oxygens (including phenoxy) is 2. The molecule has 1 aliphatic heterocycles. The van der Waals surface area contributed by atoms with Crippen LogP contribution in [0.3, 0.4) is 0 Å². The summed E-state index contributed by atoms with van der Waals surface area (Å²) in [5.74, 6) is -0.134. The number of methoxy groups -OCH3 is 2. The number of benzene rings is 4. The van der Waals surface area contributed by atoms with Crippen LogP contribution in [0.25, 0.3) is 10.8 Å². The number of nitrogens with zero attached hydrogens (tertiary/aromatic N) is 3. The lowest BCUT2D eigenvalue weighted by molar-refractivity contribution is -0.122. The third-order valence-electron chi connectivity index (χ3n) is 7.12. The van der Waals surface area contributed by atoms with Gasteiger partial charge in [-0.05, 0) is 71.3 Å². The second-order valence-electron chi connectivity index (χ2n) is 9.51. The average molecular weight is 570 g/mol. The molecule has 0 radical (unpaired) electrons. The molecular formula is C31H27N3O6S. The molecule has 0 aliphatic carbocycles. The van der Waals surface area contributed by atoms with Gasteiger partial charge in [0, 0.05) is 6.54 Å². The normalized spacial score (nSPS) is 15.4. The number of carbonyl (C=O) groups is 2. The fourth-order valence-corrected chi connectivity index (χ4v) is 6.60. The zero-order valence-electron chi connectivity index (χ0n) is 22.5. The number of nitriles is 1. The topological polar surface area (TPSA) is 117 Å². The predicted molar refractivity (Wildman–Crippen MR) is 153 cm³/mol. The van der Waals surface area contributed by atoms with Gasteiger partial charge in [-0.3, -0.25) is 9.59 Å². The number of rotatable bonds is 9. The molecule has 10 heteroatoms. The summed E-state index contributed by atoms with van der Waals surface area (Å²) < 4.78 is 40.1.